The van der Waals surface area contributed by atoms with Crippen LogP contribution in [0, 0.1) is 6.92 Å². The third kappa shape index (κ3) is 9.05. The quantitative estimate of drug-likeness (QED) is 0.481. The lowest BCUT2D eigenvalue weighted by Gasteiger charge is -2.19. The molecule has 0 spiro atoms. The molecule has 2 rings (SSSR count). The highest BCUT2D eigenvalue weighted by Gasteiger charge is 2.20. The van der Waals surface area contributed by atoms with Gasteiger partial charge >= 0.3 is 5.97 Å². The first-order valence-corrected chi connectivity index (χ1v) is 10.3. The van der Waals surface area contributed by atoms with Gasteiger partial charge in [-0.25, -0.2) is 0 Å². The van der Waals surface area contributed by atoms with Crippen molar-refractivity contribution < 1.29 is 19.1 Å². The molecule has 2 aromatic rings. The van der Waals surface area contributed by atoms with Gasteiger partial charge in [-0.15, -0.1) is 0 Å². The van der Waals surface area contributed by atoms with Crippen LogP contribution in [0.2, 0.25) is 0 Å². The number of carbonyl (C=O) groups excluding carboxylic acids is 2. The van der Waals surface area contributed by atoms with E-state index in [-0.39, 0.29) is 30.7 Å². The van der Waals surface area contributed by atoms with Crippen LogP contribution in [0.15, 0.2) is 54.6 Å². The number of methoxy groups -OCH3 is 1. The fourth-order valence-corrected chi connectivity index (χ4v) is 3.30. The predicted octanol–water partition coefficient (Wildman–Crippen LogP) is 4.86. The minimum Gasteiger partial charge on any atom is -0.462 e. The molecule has 0 saturated heterocycles. The maximum atomic E-state index is 12.5. The van der Waals surface area contributed by atoms with E-state index in [4.69, 9.17) is 9.47 Å². The standard InChI is InChI=1S/C25H32O4/c1-19-9-11-22(12-10-19)14-16-24(17-20(2)26)29-25(27)18-23(28-3)15-13-21-7-5-4-6-8-21/h4-12,23-24H,13-18H2,1-3H3. The lowest BCUT2D eigenvalue weighted by molar-refractivity contribution is -0.153. The highest BCUT2D eigenvalue weighted by Crippen LogP contribution is 2.15. The predicted molar refractivity (Wildman–Crippen MR) is 115 cm³/mol. The zero-order valence-corrected chi connectivity index (χ0v) is 17.7. The van der Waals surface area contributed by atoms with Gasteiger partial charge in [0.1, 0.15) is 11.9 Å². The Bertz CT molecular complexity index is 752. The zero-order valence-electron chi connectivity index (χ0n) is 17.7. The number of esters is 1. The van der Waals surface area contributed by atoms with Gasteiger partial charge < -0.3 is 9.47 Å². The molecule has 0 radical (unpaired) electrons. The van der Waals surface area contributed by atoms with E-state index >= 15 is 0 Å². The third-order valence-corrected chi connectivity index (χ3v) is 5.01. The number of ketones is 1. The summed E-state index contributed by atoms with van der Waals surface area (Å²) in [6.07, 6.45) is 2.85. The van der Waals surface area contributed by atoms with E-state index in [1.807, 2.05) is 25.1 Å². The Hall–Kier alpha value is -2.46. The molecule has 0 bridgehead atoms. The summed E-state index contributed by atoms with van der Waals surface area (Å²) in [4.78, 5) is 24.1. The van der Waals surface area contributed by atoms with Crippen molar-refractivity contribution >= 4 is 11.8 Å². The van der Waals surface area contributed by atoms with Crippen molar-refractivity contribution in [2.75, 3.05) is 7.11 Å². The monoisotopic (exact) mass is 396 g/mol. The minimum absolute atomic E-state index is 0.0269. The van der Waals surface area contributed by atoms with Crippen molar-refractivity contribution in [1.29, 1.82) is 0 Å². The van der Waals surface area contributed by atoms with Crippen molar-refractivity contribution in [1.82, 2.24) is 0 Å². The summed E-state index contributed by atoms with van der Waals surface area (Å²) in [5.41, 5.74) is 3.61. The van der Waals surface area contributed by atoms with Gasteiger partial charge in [-0.1, -0.05) is 60.2 Å². The Labute approximate surface area is 174 Å². The topological polar surface area (TPSA) is 52.6 Å². The average molecular weight is 397 g/mol. The summed E-state index contributed by atoms with van der Waals surface area (Å²) in [5.74, 6) is -0.279. The molecule has 0 N–H and O–H groups in total. The van der Waals surface area contributed by atoms with Crippen LogP contribution in [0.5, 0.6) is 0 Å². The van der Waals surface area contributed by atoms with E-state index in [1.54, 1.807) is 7.11 Å². The second kappa shape index (κ2) is 12.2. The molecule has 2 aromatic carbocycles. The number of benzene rings is 2. The second-order valence-electron chi connectivity index (χ2n) is 7.63. The highest BCUT2D eigenvalue weighted by atomic mass is 16.5. The van der Waals surface area contributed by atoms with E-state index in [9.17, 15) is 9.59 Å². The lowest BCUT2D eigenvalue weighted by Crippen LogP contribution is -2.25. The van der Waals surface area contributed by atoms with Gasteiger partial charge in [0.25, 0.3) is 0 Å². The van der Waals surface area contributed by atoms with Gasteiger partial charge in [0.15, 0.2) is 0 Å². The maximum Gasteiger partial charge on any atom is 0.308 e. The van der Waals surface area contributed by atoms with E-state index in [2.05, 4.69) is 36.4 Å². The molecular weight excluding hydrogens is 364 g/mol. The third-order valence-electron chi connectivity index (χ3n) is 5.01. The molecule has 156 valence electrons. The van der Waals surface area contributed by atoms with Gasteiger partial charge in [0.2, 0.25) is 0 Å². The fraction of sp³-hybridized carbons (Fsp3) is 0.440. The number of ether oxygens (including phenoxy) is 2. The summed E-state index contributed by atoms with van der Waals surface area (Å²) in [5, 5.41) is 0. The number of hydrogen-bond donors (Lipinski definition) is 0. The fourth-order valence-electron chi connectivity index (χ4n) is 3.30. The Kier molecular flexibility index (Phi) is 9.58. The Morgan fingerprint density at radius 1 is 0.828 bits per heavy atom. The molecule has 4 heteroatoms. The van der Waals surface area contributed by atoms with Crippen LogP contribution >= 0.6 is 0 Å². The van der Waals surface area contributed by atoms with Crippen molar-refractivity contribution in [2.45, 2.75) is 64.6 Å². The normalized spacial score (nSPS) is 12.9. The van der Waals surface area contributed by atoms with Gasteiger partial charge in [-0.3, -0.25) is 9.59 Å². The average Bonchev–Trinajstić information content (AvgIpc) is 2.70. The molecule has 0 aliphatic rings. The molecular formula is C25H32O4. The largest absolute Gasteiger partial charge is 0.462 e. The van der Waals surface area contributed by atoms with E-state index in [0.717, 1.165) is 19.3 Å². The van der Waals surface area contributed by atoms with E-state index < -0.39 is 6.10 Å². The summed E-state index contributed by atoms with van der Waals surface area (Å²) < 4.78 is 11.1. The second-order valence-corrected chi connectivity index (χ2v) is 7.63. The molecule has 0 amide bonds. The van der Waals surface area contributed by atoms with Crippen molar-refractivity contribution in [2.24, 2.45) is 0 Å². The molecule has 0 aliphatic carbocycles. The summed E-state index contributed by atoms with van der Waals surface area (Å²) >= 11 is 0. The highest BCUT2D eigenvalue weighted by molar-refractivity contribution is 5.77. The minimum atomic E-state index is -0.395. The molecule has 2 atom stereocenters. The van der Waals surface area contributed by atoms with Crippen LogP contribution in [0.1, 0.15) is 49.3 Å². The zero-order chi connectivity index (χ0) is 21.1. The first-order valence-electron chi connectivity index (χ1n) is 10.3. The van der Waals surface area contributed by atoms with Gasteiger partial charge in [0.05, 0.1) is 12.5 Å². The molecule has 0 fully saturated rings. The van der Waals surface area contributed by atoms with Crippen LogP contribution in [0.3, 0.4) is 0 Å². The van der Waals surface area contributed by atoms with E-state index in [0.29, 0.717) is 6.42 Å². The van der Waals surface area contributed by atoms with Crippen LogP contribution in [0.4, 0.5) is 0 Å². The van der Waals surface area contributed by atoms with Crippen molar-refractivity contribution in [3.05, 3.63) is 71.3 Å². The first-order chi connectivity index (χ1) is 14.0. The van der Waals surface area contributed by atoms with Crippen LogP contribution in [-0.4, -0.2) is 31.1 Å². The van der Waals surface area contributed by atoms with Gasteiger partial charge in [-0.2, -0.15) is 0 Å². The summed E-state index contributed by atoms with van der Waals surface area (Å²) in [7, 11) is 1.62. The Balaban J connectivity index is 1.84. The van der Waals surface area contributed by atoms with Crippen LogP contribution in [0.25, 0.3) is 0 Å². The number of aryl methyl sites for hydroxylation is 3. The molecule has 29 heavy (non-hydrogen) atoms. The SMILES string of the molecule is COC(CCc1ccccc1)CC(=O)OC(CCc1ccc(C)cc1)CC(C)=O. The smallest absolute Gasteiger partial charge is 0.308 e. The molecule has 0 aromatic heterocycles. The molecule has 2 unspecified atom stereocenters. The Morgan fingerprint density at radius 2 is 1.41 bits per heavy atom. The molecule has 0 heterocycles. The molecule has 0 aliphatic heterocycles. The van der Waals surface area contributed by atoms with Gasteiger partial charge in [-0.05, 0) is 50.7 Å². The van der Waals surface area contributed by atoms with E-state index in [1.165, 1.54) is 23.6 Å². The number of carbonyl (C=O) groups is 2. The summed E-state index contributed by atoms with van der Waals surface area (Å²) in [6, 6.07) is 18.4. The number of hydrogen-bond acceptors (Lipinski definition) is 4. The number of rotatable bonds is 12. The van der Waals surface area contributed by atoms with Crippen LogP contribution < -0.4 is 0 Å². The summed E-state index contributed by atoms with van der Waals surface area (Å²) in [6.45, 7) is 3.58. The molecule has 0 saturated carbocycles. The number of Topliss-reactive ketones (excluding diaryl/α,β-unsaturated/α-hetero) is 1. The Morgan fingerprint density at radius 3 is 2.00 bits per heavy atom. The maximum absolute atomic E-state index is 12.5. The van der Waals surface area contributed by atoms with Crippen molar-refractivity contribution in [3.8, 4) is 0 Å². The van der Waals surface area contributed by atoms with Gasteiger partial charge in [0, 0.05) is 13.5 Å². The first kappa shape index (κ1) is 22.8. The molecule has 4 nitrogen and oxygen atoms in total. The van der Waals surface area contributed by atoms with Crippen LogP contribution in [-0.2, 0) is 31.9 Å². The van der Waals surface area contributed by atoms with Crippen molar-refractivity contribution in [3.63, 3.8) is 0 Å². The lowest BCUT2D eigenvalue weighted by atomic mass is 10.0.